The molecule has 1 unspecified atom stereocenters. The van der Waals surface area contributed by atoms with Crippen molar-refractivity contribution in [3.8, 4) is 5.88 Å². The molecule has 0 bridgehead atoms. The van der Waals surface area contributed by atoms with Gasteiger partial charge in [0.15, 0.2) is 15.6 Å². The summed E-state index contributed by atoms with van der Waals surface area (Å²) in [5.41, 5.74) is 1.21. The maximum absolute atomic E-state index is 13.6. The first kappa shape index (κ1) is 26.3. The summed E-state index contributed by atoms with van der Waals surface area (Å²) in [7, 11) is -7.54. The lowest BCUT2D eigenvalue weighted by atomic mass is 9.90. The first-order chi connectivity index (χ1) is 16.0. The molecule has 1 aromatic carbocycles. The van der Waals surface area contributed by atoms with Gasteiger partial charge in [-0.25, -0.2) is 17.5 Å². The van der Waals surface area contributed by atoms with Crippen molar-refractivity contribution in [1.82, 2.24) is 9.78 Å². The highest BCUT2D eigenvalue weighted by Gasteiger charge is 2.36. The molecule has 1 atom stereocenters. The quantitative estimate of drug-likeness (QED) is 0.349. The molecule has 0 fully saturated rings. The van der Waals surface area contributed by atoms with Crippen LogP contribution in [0.25, 0.3) is 0 Å². The summed E-state index contributed by atoms with van der Waals surface area (Å²) in [6.45, 7) is 5.96. The lowest BCUT2D eigenvalue weighted by Gasteiger charge is -2.29. The highest BCUT2D eigenvalue weighted by atomic mass is 32.2. The average molecular weight is 517 g/mol. The van der Waals surface area contributed by atoms with Gasteiger partial charge in [0.1, 0.15) is 12.2 Å². The zero-order valence-electron chi connectivity index (χ0n) is 19.6. The van der Waals surface area contributed by atoms with Gasteiger partial charge in [0.25, 0.3) is 0 Å². The van der Waals surface area contributed by atoms with Crippen LogP contribution < -0.4 is 4.18 Å². The van der Waals surface area contributed by atoms with E-state index in [0.717, 1.165) is 0 Å². The minimum Gasteiger partial charge on any atom is -0.371 e. The van der Waals surface area contributed by atoms with Gasteiger partial charge in [-0.3, -0.25) is 4.79 Å². The van der Waals surface area contributed by atoms with Gasteiger partial charge in [0.05, 0.1) is 35.3 Å². The van der Waals surface area contributed by atoms with E-state index in [0.29, 0.717) is 23.1 Å². The number of ether oxygens (including phenoxy) is 1. The maximum atomic E-state index is 13.6. The predicted molar refractivity (Wildman–Crippen MR) is 123 cm³/mol. The van der Waals surface area contributed by atoms with Crippen LogP contribution in [-0.4, -0.2) is 57.2 Å². The van der Waals surface area contributed by atoms with E-state index < -0.39 is 38.5 Å². The number of fused-ring (bicyclic) bond motifs is 1. The van der Waals surface area contributed by atoms with Crippen LogP contribution in [0.1, 0.15) is 65.4 Å². The van der Waals surface area contributed by atoms with Crippen molar-refractivity contribution < 1.29 is 34.9 Å². The topological polar surface area (TPSA) is 122 Å². The number of hydrogen-bond acceptors (Lipinski definition) is 8. The molecule has 2 aromatic rings. The van der Waals surface area contributed by atoms with Crippen molar-refractivity contribution >= 4 is 25.7 Å². The van der Waals surface area contributed by atoms with Gasteiger partial charge in [-0.1, -0.05) is 6.92 Å². The molecule has 12 heteroatoms. The van der Waals surface area contributed by atoms with E-state index in [9.17, 15) is 26.0 Å². The second-order valence-corrected chi connectivity index (χ2v) is 11.9. The number of aryl methyl sites for hydroxylation is 2. The average Bonchev–Trinajstić information content (AvgIpc) is 3.16. The van der Waals surface area contributed by atoms with Crippen molar-refractivity contribution in [2.45, 2.75) is 58.1 Å². The minimum absolute atomic E-state index is 0.0520. The number of halogens is 1. The third-order valence-corrected chi connectivity index (χ3v) is 8.95. The third-order valence-electron chi connectivity index (χ3n) is 5.69. The summed E-state index contributed by atoms with van der Waals surface area (Å²) in [5.74, 6) is -1.11. The van der Waals surface area contributed by atoms with Gasteiger partial charge in [0, 0.05) is 17.7 Å². The largest absolute Gasteiger partial charge is 0.371 e. The lowest BCUT2D eigenvalue weighted by molar-refractivity contribution is 0.0379. The Morgan fingerprint density at radius 3 is 2.59 bits per heavy atom. The van der Waals surface area contributed by atoms with Crippen molar-refractivity contribution in [2.24, 2.45) is 0 Å². The zero-order valence-corrected chi connectivity index (χ0v) is 21.3. The number of aromatic nitrogens is 2. The molecule has 0 radical (unpaired) electrons. The molecule has 1 aliphatic heterocycles. The van der Waals surface area contributed by atoms with E-state index in [2.05, 4.69) is 5.10 Å². The van der Waals surface area contributed by atoms with Gasteiger partial charge in [-0.05, 0) is 50.8 Å². The molecule has 0 saturated carbocycles. The van der Waals surface area contributed by atoms with E-state index in [-0.39, 0.29) is 53.0 Å². The Labute approximate surface area is 199 Å². The van der Waals surface area contributed by atoms with Crippen LogP contribution in [-0.2, 0) is 31.2 Å². The number of carbonyl (C=O) groups is 1. The number of benzene rings is 1. The molecule has 1 aliphatic rings. The molecule has 0 amide bonds. The van der Waals surface area contributed by atoms with E-state index in [4.69, 9.17) is 8.92 Å². The van der Waals surface area contributed by atoms with Gasteiger partial charge < -0.3 is 8.92 Å². The summed E-state index contributed by atoms with van der Waals surface area (Å²) < 4.78 is 75.2. The van der Waals surface area contributed by atoms with Gasteiger partial charge >= 0.3 is 10.1 Å². The molecule has 0 spiro atoms. The highest BCUT2D eigenvalue weighted by Crippen LogP contribution is 2.41. The molecule has 3 rings (SSSR count). The standard InChI is InChI=1S/C22H29FN2O7S2/c1-5-10-34(29,30)32-22-17(13-24-25(22)6-2)20(26)16-12-14(3)21-19(15(16)4)18(31-9-8-23)7-11-33(21,27)28/h12-13,18H,5-11H2,1-4H3. The van der Waals surface area contributed by atoms with Crippen LogP contribution >= 0.6 is 0 Å². The first-order valence-electron chi connectivity index (χ1n) is 11.0. The fourth-order valence-corrected chi connectivity index (χ4v) is 7.11. The number of ketones is 1. The molecule has 0 aliphatic carbocycles. The summed E-state index contributed by atoms with van der Waals surface area (Å²) in [4.78, 5) is 13.7. The Balaban J connectivity index is 2.17. The van der Waals surface area contributed by atoms with Crippen LogP contribution in [0.3, 0.4) is 0 Å². The smallest absolute Gasteiger partial charge is 0.310 e. The van der Waals surface area contributed by atoms with Crippen molar-refractivity contribution in [3.63, 3.8) is 0 Å². The van der Waals surface area contributed by atoms with E-state index in [1.807, 2.05) is 0 Å². The second kappa shape index (κ2) is 10.1. The molecular formula is C22H29FN2O7S2. The normalized spacial score (nSPS) is 17.4. The second-order valence-electron chi connectivity index (χ2n) is 8.12. The zero-order chi connectivity index (χ0) is 25.3. The highest BCUT2D eigenvalue weighted by molar-refractivity contribution is 7.91. The molecular weight excluding hydrogens is 487 g/mol. The molecule has 0 N–H and O–H groups in total. The van der Waals surface area contributed by atoms with Crippen LogP contribution in [0.5, 0.6) is 5.88 Å². The van der Waals surface area contributed by atoms with Gasteiger partial charge in [-0.15, -0.1) is 0 Å². The summed E-state index contributed by atoms with van der Waals surface area (Å²) in [6.07, 6.45) is 1.04. The minimum atomic E-state index is -3.94. The van der Waals surface area contributed by atoms with Crippen molar-refractivity contribution in [1.29, 1.82) is 0 Å². The van der Waals surface area contributed by atoms with Crippen molar-refractivity contribution in [3.05, 3.63) is 40.1 Å². The van der Waals surface area contributed by atoms with Crippen molar-refractivity contribution in [2.75, 3.05) is 24.8 Å². The van der Waals surface area contributed by atoms with E-state index in [1.165, 1.54) is 16.9 Å². The van der Waals surface area contributed by atoms with Crippen LogP contribution in [0.4, 0.5) is 4.39 Å². The number of nitrogens with zero attached hydrogens (tertiary/aromatic N) is 2. The Morgan fingerprint density at radius 2 is 1.97 bits per heavy atom. The predicted octanol–water partition coefficient (Wildman–Crippen LogP) is 3.07. The Morgan fingerprint density at radius 1 is 1.26 bits per heavy atom. The number of hydrogen-bond donors (Lipinski definition) is 0. The van der Waals surface area contributed by atoms with Crippen LogP contribution in [0.2, 0.25) is 0 Å². The first-order valence-corrected chi connectivity index (χ1v) is 14.3. The SMILES string of the molecule is CCCS(=O)(=O)Oc1c(C(=O)c2cc(C)c3c(c2C)C(OCCF)CCS3(=O)=O)cnn1CC. The fourth-order valence-electron chi connectivity index (χ4n) is 4.22. The monoisotopic (exact) mass is 516 g/mol. The van der Waals surface area contributed by atoms with E-state index in [1.54, 1.807) is 27.7 Å². The molecule has 9 nitrogen and oxygen atoms in total. The molecule has 34 heavy (non-hydrogen) atoms. The Kier molecular flexibility index (Phi) is 7.83. The lowest BCUT2D eigenvalue weighted by Crippen LogP contribution is -2.26. The summed E-state index contributed by atoms with van der Waals surface area (Å²) in [6, 6.07) is 1.47. The van der Waals surface area contributed by atoms with Crippen LogP contribution in [0, 0.1) is 13.8 Å². The fraction of sp³-hybridized carbons (Fsp3) is 0.545. The summed E-state index contributed by atoms with van der Waals surface area (Å²) in [5, 5.41) is 4.09. The molecule has 2 heterocycles. The number of alkyl halides is 1. The molecule has 0 saturated heterocycles. The molecule has 188 valence electrons. The van der Waals surface area contributed by atoms with E-state index >= 15 is 0 Å². The third kappa shape index (κ3) is 5.03. The molecule has 1 aromatic heterocycles. The summed E-state index contributed by atoms with van der Waals surface area (Å²) >= 11 is 0. The Bertz CT molecular complexity index is 1300. The van der Waals surface area contributed by atoms with Gasteiger partial charge in [-0.2, -0.15) is 13.5 Å². The van der Waals surface area contributed by atoms with Gasteiger partial charge in [0.2, 0.25) is 5.88 Å². The number of carbonyl (C=O) groups excluding carboxylic acids is 1. The number of sulfone groups is 1. The van der Waals surface area contributed by atoms with Crippen LogP contribution in [0.15, 0.2) is 17.2 Å². The maximum Gasteiger partial charge on any atom is 0.310 e. The number of rotatable bonds is 10. The Hall–Kier alpha value is -2.31.